The lowest BCUT2D eigenvalue weighted by Gasteiger charge is -2.15. The second kappa shape index (κ2) is 8.89. The Bertz CT molecular complexity index is 484. The van der Waals surface area contributed by atoms with Gasteiger partial charge >= 0.3 is 5.97 Å². The third kappa shape index (κ3) is 6.70. The van der Waals surface area contributed by atoms with Crippen LogP contribution in [0.2, 0.25) is 0 Å². The van der Waals surface area contributed by atoms with E-state index in [4.69, 9.17) is 4.74 Å². The van der Waals surface area contributed by atoms with Gasteiger partial charge in [0.1, 0.15) is 0 Å². The lowest BCUT2D eigenvalue weighted by atomic mass is 9.94. The Morgan fingerprint density at radius 3 is 2.43 bits per heavy atom. The minimum absolute atomic E-state index is 0.0555. The standard InChI is InChI=1S/C16H21NO4/c1-3-21-16(20)14(9-13-7-5-4-6-8-13)10-15(19)11-17-12(2)18/h4-8,14H,3,9-11H2,1-2H3,(H,17,18)/t14-/m0/s1. The summed E-state index contributed by atoms with van der Waals surface area (Å²) < 4.78 is 5.02. The molecule has 0 saturated carbocycles. The summed E-state index contributed by atoms with van der Waals surface area (Å²) in [5.74, 6) is -1.34. The summed E-state index contributed by atoms with van der Waals surface area (Å²) in [7, 11) is 0. The maximum absolute atomic E-state index is 12.0. The van der Waals surface area contributed by atoms with E-state index >= 15 is 0 Å². The highest BCUT2D eigenvalue weighted by Crippen LogP contribution is 2.15. The van der Waals surface area contributed by atoms with E-state index in [1.165, 1.54) is 6.92 Å². The Labute approximate surface area is 124 Å². The van der Waals surface area contributed by atoms with Gasteiger partial charge < -0.3 is 10.1 Å². The number of Topliss-reactive ketones (excluding diaryl/α,β-unsaturated/α-hetero) is 1. The first kappa shape index (κ1) is 16.9. The first-order chi connectivity index (χ1) is 10.0. The average Bonchev–Trinajstić information content (AvgIpc) is 2.46. The highest BCUT2D eigenvalue weighted by Gasteiger charge is 2.23. The van der Waals surface area contributed by atoms with Gasteiger partial charge in [0.15, 0.2) is 5.78 Å². The van der Waals surface area contributed by atoms with Gasteiger partial charge in [-0.2, -0.15) is 0 Å². The lowest BCUT2D eigenvalue weighted by molar-refractivity contribution is -0.149. The van der Waals surface area contributed by atoms with Crippen LogP contribution in [0.4, 0.5) is 0 Å². The predicted molar refractivity (Wildman–Crippen MR) is 78.6 cm³/mol. The average molecular weight is 291 g/mol. The van der Waals surface area contributed by atoms with Crippen LogP contribution in [0.1, 0.15) is 25.8 Å². The molecule has 1 N–H and O–H groups in total. The van der Waals surface area contributed by atoms with Crippen LogP contribution < -0.4 is 5.32 Å². The second-order valence-corrected chi connectivity index (χ2v) is 4.79. The molecule has 114 valence electrons. The fraction of sp³-hybridized carbons (Fsp3) is 0.438. The number of esters is 1. The summed E-state index contributed by atoms with van der Waals surface area (Å²) in [5, 5.41) is 2.44. The molecule has 0 unspecified atom stereocenters. The van der Waals surface area contributed by atoms with Gasteiger partial charge in [-0.25, -0.2) is 0 Å². The highest BCUT2D eigenvalue weighted by atomic mass is 16.5. The van der Waals surface area contributed by atoms with E-state index in [-0.39, 0.29) is 37.2 Å². The van der Waals surface area contributed by atoms with Crippen molar-refractivity contribution >= 4 is 17.7 Å². The van der Waals surface area contributed by atoms with Gasteiger partial charge in [0.25, 0.3) is 0 Å². The van der Waals surface area contributed by atoms with E-state index in [1.807, 2.05) is 30.3 Å². The Balaban J connectivity index is 2.66. The molecular weight excluding hydrogens is 270 g/mol. The number of amides is 1. The quantitative estimate of drug-likeness (QED) is 0.737. The maximum Gasteiger partial charge on any atom is 0.309 e. The van der Waals surface area contributed by atoms with Gasteiger partial charge in [-0.15, -0.1) is 0 Å². The predicted octanol–water partition coefficient (Wildman–Crippen LogP) is 1.50. The molecule has 1 rings (SSSR count). The molecule has 0 spiro atoms. The smallest absolute Gasteiger partial charge is 0.309 e. The van der Waals surface area contributed by atoms with E-state index < -0.39 is 5.92 Å². The molecule has 5 heteroatoms. The third-order valence-corrected chi connectivity index (χ3v) is 2.95. The molecular formula is C16H21NO4. The van der Waals surface area contributed by atoms with Crippen LogP contribution in [-0.4, -0.2) is 30.8 Å². The number of benzene rings is 1. The van der Waals surface area contributed by atoms with Crippen molar-refractivity contribution in [3.05, 3.63) is 35.9 Å². The Morgan fingerprint density at radius 2 is 1.86 bits per heavy atom. The third-order valence-electron chi connectivity index (χ3n) is 2.95. The molecule has 0 aromatic heterocycles. The lowest BCUT2D eigenvalue weighted by Crippen LogP contribution is -2.31. The van der Waals surface area contributed by atoms with Gasteiger partial charge in [-0.3, -0.25) is 14.4 Å². The number of ether oxygens (including phenoxy) is 1. The summed E-state index contributed by atoms with van der Waals surface area (Å²) in [5.41, 5.74) is 0.975. The molecule has 0 aliphatic carbocycles. The van der Waals surface area contributed by atoms with Gasteiger partial charge in [-0.05, 0) is 18.9 Å². The highest BCUT2D eigenvalue weighted by molar-refractivity contribution is 5.88. The number of carbonyl (C=O) groups excluding carboxylic acids is 3. The van der Waals surface area contributed by atoms with Crippen molar-refractivity contribution in [2.75, 3.05) is 13.2 Å². The molecule has 1 atom stereocenters. The van der Waals surface area contributed by atoms with Crippen molar-refractivity contribution in [1.29, 1.82) is 0 Å². The second-order valence-electron chi connectivity index (χ2n) is 4.79. The fourth-order valence-electron chi connectivity index (χ4n) is 1.97. The van der Waals surface area contributed by atoms with Crippen LogP contribution in [0.15, 0.2) is 30.3 Å². The van der Waals surface area contributed by atoms with Gasteiger partial charge in [-0.1, -0.05) is 30.3 Å². The van der Waals surface area contributed by atoms with Crippen LogP contribution in [0.3, 0.4) is 0 Å². The molecule has 0 fully saturated rings. The van der Waals surface area contributed by atoms with E-state index in [9.17, 15) is 14.4 Å². The van der Waals surface area contributed by atoms with Crippen molar-refractivity contribution in [3.8, 4) is 0 Å². The summed E-state index contributed by atoms with van der Waals surface area (Å²) in [4.78, 5) is 34.6. The van der Waals surface area contributed by atoms with Crippen LogP contribution >= 0.6 is 0 Å². The topological polar surface area (TPSA) is 72.5 Å². The monoisotopic (exact) mass is 291 g/mol. The summed E-state index contributed by atoms with van der Waals surface area (Å²) >= 11 is 0. The molecule has 0 heterocycles. The van der Waals surface area contributed by atoms with Gasteiger partial charge in [0.2, 0.25) is 5.91 Å². The molecule has 1 amide bonds. The fourth-order valence-corrected chi connectivity index (χ4v) is 1.97. The number of hydrogen-bond acceptors (Lipinski definition) is 4. The molecule has 0 bridgehead atoms. The largest absolute Gasteiger partial charge is 0.466 e. The molecule has 1 aromatic rings. The number of hydrogen-bond donors (Lipinski definition) is 1. The van der Waals surface area contributed by atoms with Crippen molar-refractivity contribution in [1.82, 2.24) is 5.32 Å². The Kier molecular flexibility index (Phi) is 7.15. The van der Waals surface area contributed by atoms with E-state index in [2.05, 4.69) is 5.32 Å². The zero-order chi connectivity index (χ0) is 15.7. The van der Waals surface area contributed by atoms with Gasteiger partial charge in [0.05, 0.1) is 19.1 Å². The SMILES string of the molecule is CCOC(=O)[C@H](CC(=O)CNC(C)=O)Cc1ccccc1. The molecule has 5 nitrogen and oxygen atoms in total. The number of carbonyl (C=O) groups is 3. The summed E-state index contributed by atoms with van der Waals surface area (Å²) in [6.45, 7) is 3.31. The van der Waals surface area contributed by atoms with E-state index in [1.54, 1.807) is 6.92 Å². The normalized spacial score (nSPS) is 11.5. The molecule has 0 aliphatic rings. The number of ketones is 1. The number of rotatable bonds is 8. The van der Waals surface area contributed by atoms with Crippen LogP contribution in [0.25, 0.3) is 0 Å². The minimum Gasteiger partial charge on any atom is -0.466 e. The maximum atomic E-state index is 12.0. The Hall–Kier alpha value is -2.17. The first-order valence-corrected chi connectivity index (χ1v) is 6.99. The van der Waals surface area contributed by atoms with Crippen LogP contribution in [0, 0.1) is 5.92 Å². The molecule has 21 heavy (non-hydrogen) atoms. The zero-order valence-corrected chi connectivity index (χ0v) is 12.4. The molecule has 1 aromatic carbocycles. The number of nitrogens with one attached hydrogen (secondary N) is 1. The van der Waals surface area contributed by atoms with Crippen LogP contribution in [-0.2, 0) is 25.5 Å². The minimum atomic E-state index is -0.520. The molecule has 0 saturated heterocycles. The summed E-state index contributed by atoms with van der Waals surface area (Å²) in [6, 6.07) is 9.48. The van der Waals surface area contributed by atoms with E-state index in [0.717, 1.165) is 5.56 Å². The van der Waals surface area contributed by atoms with E-state index in [0.29, 0.717) is 6.42 Å². The first-order valence-electron chi connectivity index (χ1n) is 6.99. The van der Waals surface area contributed by atoms with Crippen molar-refractivity contribution in [3.63, 3.8) is 0 Å². The Morgan fingerprint density at radius 1 is 1.19 bits per heavy atom. The molecule has 0 aliphatic heterocycles. The van der Waals surface area contributed by atoms with Crippen molar-refractivity contribution in [2.45, 2.75) is 26.7 Å². The molecule has 0 radical (unpaired) electrons. The van der Waals surface area contributed by atoms with Crippen molar-refractivity contribution < 1.29 is 19.1 Å². The van der Waals surface area contributed by atoms with Crippen molar-refractivity contribution in [2.24, 2.45) is 5.92 Å². The van der Waals surface area contributed by atoms with Crippen LogP contribution in [0.5, 0.6) is 0 Å². The summed E-state index contributed by atoms with van der Waals surface area (Å²) in [6.07, 6.45) is 0.513. The van der Waals surface area contributed by atoms with Gasteiger partial charge in [0, 0.05) is 13.3 Å². The zero-order valence-electron chi connectivity index (χ0n) is 12.4.